The quantitative estimate of drug-likeness (QED) is 0.846. The molecule has 0 fully saturated rings. The van der Waals surface area contributed by atoms with Crippen LogP contribution in [0.5, 0.6) is 0 Å². The smallest absolute Gasteiger partial charge is 0.0175 e. The summed E-state index contributed by atoms with van der Waals surface area (Å²) in [6.07, 6.45) is 0. The van der Waals surface area contributed by atoms with Crippen LogP contribution in [-0.2, 0) is 0 Å². The zero-order valence-corrected chi connectivity index (χ0v) is 10.1. The van der Waals surface area contributed by atoms with Gasteiger partial charge in [0.15, 0.2) is 0 Å². The summed E-state index contributed by atoms with van der Waals surface area (Å²) in [7, 11) is 0. The molecule has 1 atom stereocenters. The van der Waals surface area contributed by atoms with E-state index in [0.29, 0.717) is 12.5 Å². The van der Waals surface area contributed by atoms with Crippen LogP contribution in [-0.4, -0.2) is 6.54 Å². The molecule has 0 amide bonds. The Morgan fingerprint density at radius 2 is 1.69 bits per heavy atom. The fraction of sp³-hybridized carbons (Fsp3) is 0.455. The topological polar surface area (TPSA) is 26.0 Å². The second-order valence-corrected chi connectivity index (χ2v) is 3.60. The van der Waals surface area contributed by atoms with Gasteiger partial charge in [-0.05, 0) is 30.2 Å². The van der Waals surface area contributed by atoms with Crippen LogP contribution >= 0.6 is 15.9 Å². The number of rotatable bonds is 2. The SMILES string of the molecule is CC.CC(CN)c1ccc(Br)cc1. The Bertz CT molecular complexity index is 218. The van der Waals surface area contributed by atoms with Crippen LogP contribution in [0.2, 0.25) is 0 Å². The summed E-state index contributed by atoms with van der Waals surface area (Å²) in [6, 6.07) is 8.28. The van der Waals surface area contributed by atoms with E-state index in [1.54, 1.807) is 0 Å². The molecule has 2 heteroatoms. The molecule has 0 saturated heterocycles. The number of halogens is 1. The van der Waals surface area contributed by atoms with Crippen molar-refractivity contribution in [1.29, 1.82) is 0 Å². The maximum atomic E-state index is 5.53. The van der Waals surface area contributed by atoms with Crippen LogP contribution in [0, 0.1) is 0 Å². The summed E-state index contributed by atoms with van der Waals surface area (Å²) in [5.41, 5.74) is 6.83. The van der Waals surface area contributed by atoms with Gasteiger partial charge in [-0.3, -0.25) is 0 Å². The van der Waals surface area contributed by atoms with E-state index in [2.05, 4.69) is 35.0 Å². The zero-order valence-electron chi connectivity index (χ0n) is 8.55. The molecule has 13 heavy (non-hydrogen) atoms. The van der Waals surface area contributed by atoms with Gasteiger partial charge in [0, 0.05) is 4.47 Å². The molecule has 0 radical (unpaired) electrons. The largest absolute Gasteiger partial charge is 0.330 e. The Hall–Kier alpha value is -0.340. The van der Waals surface area contributed by atoms with E-state index >= 15 is 0 Å². The molecule has 0 heterocycles. The Balaban J connectivity index is 0.000000671. The minimum Gasteiger partial charge on any atom is -0.330 e. The number of benzene rings is 1. The third kappa shape index (κ3) is 4.44. The summed E-state index contributed by atoms with van der Waals surface area (Å²) in [5.74, 6) is 0.461. The van der Waals surface area contributed by atoms with Gasteiger partial charge in [-0.25, -0.2) is 0 Å². The number of hydrogen-bond acceptors (Lipinski definition) is 1. The molecule has 0 spiro atoms. The number of hydrogen-bond donors (Lipinski definition) is 1. The van der Waals surface area contributed by atoms with E-state index in [-0.39, 0.29) is 0 Å². The van der Waals surface area contributed by atoms with Crippen molar-refractivity contribution in [2.75, 3.05) is 6.54 Å². The first kappa shape index (κ1) is 12.7. The van der Waals surface area contributed by atoms with Crippen LogP contribution in [0.25, 0.3) is 0 Å². The summed E-state index contributed by atoms with van der Waals surface area (Å²) < 4.78 is 1.12. The first-order valence-electron chi connectivity index (χ1n) is 4.69. The van der Waals surface area contributed by atoms with Crippen LogP contribution < -0.4 is 5.73 Å². The predicted molar refractivity (Wildman–Crippen MR) is 63.0 cm³/mol. The van der Waals surface area contributed by atoms with Crippen LogP contribution in [0.4, 0.5) is 0 Å². The highest BCUT2D eigenvalue weighted by Gasteiger charge is 2.00. The summed E-state index contributed by atoms with van der Waals surface area (Å²) >= 11 is 3.39. The molecule has 1 nitrogen and oxygen atoms in total. The van der Waals surface area contributed by atoms with E-state index in [1.165, 1.54) is 5.56 Å². The molecule has 74 valence electrons. The molecule has 0 aliphatic carbocycles. The van der Waals surface area contributed by atoms with Gasteiger partial charge in [-0.1, -0.05) is 48.8 Å². The Morgan fingerprint density at radius 3 is 2.08 bits per heavy atom. The Kier molecular flexibility index (Phi) is 6.92. The molecule has 0 aliphatic rings. The molecule has 0 bridgehead atoms. The molecule has 1 aromatic rings. The lowest BCUT2D eigenvalue weighted by Crippen LogP contribution is -2.08. The second kappa shape index (κ2) is 7.10. The van der Waals surface area contributed by atoms with Crippen molar-refractivity contribution < 1.29 is 0 Å². The lowest BCUT2D eigenvalue weighted by atomic mass is 10.0. The predicted octanol–water partition coefficient (Wildman–Crippen LogP) is 3.54. The lowest BCUT2D eigenvalue weighted by molar-refractivity contribution is 0.774. The van der Waals surface area contributed by atoms with Gasteiger partial charge in [0.25, 0.3) is 0 Å². The monoisotopic (exact) mass is 243 g/mol. The van der Waals surface area contributed by atoms with E-state index in [0.717, 1.165) is 4.47 Å². The van der Waals surface area contributed by atoms with Gasteiger partial charge in [0.2, 0.25) is 0 Å². The first-order valence-corrected chi connectivity index (χ1v) is 5.49. The van der Waals surface area contributed by atoms with Crippen molar-refractivity contribution in [3.63, 3.8) is 0 Å². The van der Waals surface area contributed by atoms with Gasteiger partial charge in [0.05, 0.1) is 0 Å². The van der Waals surface area contributed by atoms with E-state index in [1.807, 2.05) is 26.0 Å². The van der Waals surface area contributed by atoms with Crippen molar-refractivity contribution in [2.24, 2.45) is 5.73 Å². The molecular weight excluding hydrogens is 226 g/mol. The highest BCUT2D eigenvalue weighted by atomic mass is 79.9. The maximum Gasteiger partial charge on any atom is 0.0175 e. The van der Waals surface area contributed by atoms with Crippen LogP contribution in [0.15, 0.2) is 28.7 Å². The molecule has 1 unspecified atom stereocenters. The minimum atomic E-state index is 0.461. The number of nitrogens with two attached hydrogens (primary N) is 1. The fourth-order valence-electron chi connectivity index (χ4n) is 0.927. The highest BCUT2D eigenvalue weighted by molar-refractivity contribution is 9.10. The normalized spacial score (nSPS) is 11.5. The first-order chi connectivity index (χ1) is 6.24. The highest BCUT2D eigenvalue weighted by Crippen LogP contribution is 2.16. The van der Waals surface area contributed by atoms with Gasteiger partial charge >= 0.3 is 0 Å². The standard InChI is InChI=1S/C9H12BrN.C2H6/c1-7(6-11)8-2-4-9(10)5-3-8;1-2/h2-5,7H,6,11H2,1H3;1-2H3. The molecular formula is C11H18BrN. The fourth-order valence-corrected chi connectivity index (χ4v) is 1.19. The van der Waals surface area contributed by atoms with Gasteiger partial charge in [0.1, 0.15) is 0 Å². The van der Waals surface area contributed by atoms with E-state index in [9.17, 15) is 0 Å². The Morgan fingerprint density at radius 1 is 1.23 bits per heavy atom. The van der Waals surface area contributed by atoms with Gasteiger partial charge in [-0.2, -0.15) is 0 Å². The summed E-state index contributed by atoms with van der Waals surface area (Å²) in [6.45, 7) is 6.84. The van der Waals surface area contributed by atoms with Crippen LogP contribution in [0.3, 0.4) is 0 Å². The maximum absolute atomic E-state index is 5.53. The average Bonchev–Trinajstić information content (AvgIpc) is 2.21. The molecule has 0 aromatic heterocycles. The molecule has 1 rings (SSSR count). The van der Waals surface area contributed by atoms with E-state index < -0.39 is 0 Å². The van der Waals surface area contributed by atoms with Crippen LogP contribution in [0.1, 0.15) is 32.3 Å². The third-order valence-electron chi connectivity index (χ3n) is 1.79. The van der Waals surface area contributed by atoms with Crippen molar-refractivity contribution in [1.82, 2.24) is 0 Å². The summed E-state index contributed by atoms with van der Waals surface area (Å²) in [4.78, 5) is 0. The van der Waals surface area contributed by atoms with Crippen molar-refractivity contribution in [3.05, 3.63) is 34.3 Å². The lowest BCUT2D eigenvalue weighted by Gasteiger charge is -2.07. The average molecular weight is 244 g/mol. The zero-order chi connectivity index (χ0) is 10.3. The van der Waals surface area contributed by atoms with Gasteiger partial charge < -0.3 is 5.73 Å². The Labute approximate surface area is 89.5 Å². The molecule has 2 N–H and O–H groups in total. The van der Waals surface area contributed by atoms with Crippen molar-refractivity contribution >= 4 is 15.9 Å². The third-order valence-corrected chi connectivity index (χ3v) is 2.32. The summed E-state index contributed by atoms with van der Waals surface area (Å²) in [5, 5.41) is 0. The second-order valence-electron chi connectivity index (χ2n) is 2.69. The van der Waals surface area contributed by atoms with Gasteiger partial charge in [-0.15, -0.1) is 0 Å². The molecule has 0 saturated carbocycles. The van der Waals surface area contributed by atoms with Crippen molar-refractivity contribution in [2.45, 2.75) is 26.7 Å². The molecule has 0 aliphatic heterocycles. The molecule has 1 aromatic carbocycles. The van der Waals surface area contributed by atoms with Crippen molar-refractivity contribution in [3.8, 4) is 0 Å². The minimum absolute atomic E-state index is 0.461. The van der Waals surface area contributed by atoms with E-state index in [4.69, 9.17) is 5.73 Å².